The topological polar surface area (TPSA) is 44.0 Å². The molecule has 104 valence electrons. The fraction of sp³-hybridized carbons (Fsp3) is 0.615. The van der Waals surface area contributed by atoms with Crippen LogP contribution in [0.1, 0.15) is 18.5 Å². The Morgan fingerprint density at radius 2 is 2.37 bits per heavy atom. The summed E-state index contributed by atoms with van der Waals surface area (Å²) in [5, 5.41) is 11.6. The van der Waals surface area contributed by atoms with E-state index in [-0.39, 0.29) is 6.61 Å². The highest BCUT2D eigenvalue weighted by molar-refractivity contribution is 7.15. The minimum atomic E-state index is 0.0381. The molecule has 0 bridgehead atoms. The summed E-state index contributed by atoms with van der Waals surface area (Å²) in [6.45, 7) is 2.06. The summed E-state index contributed by atoms with van der Waals surface area (Å²) in [4.78, 5) is 10.3. The Balaban J connectivity index is 1.92. The minimum absolute atomic E-state index is 0.0381. The Hall–Kier alpha value is -1.11. The molecule has 1 atom stereocenters. The van der Waals surface area contributed by atoms with E-state index in [9.17, 15) is 5.11 Å². The van der Waals surface area contributed by atoms with Gasteiger partial charge in [-0.1, -0.05) is 0 Å². The lowest BCUT2D eigenvalue weighted by atomic mass is 10.0. The zero-order valence-electron chi connectivity index (χ0n) is 11.4. The van der Waals surface area contributed by atoms with Crippen molar-refractivity contribution in [3.8, 4) is 0 Å². The Labute approximate surface area is 117 Å². The number of aliphatic hydroxyl groups is 1. The highest BCUT2D eigenvalue weighted by atomic mass is 32.1. The molecule has 1 aliphatic heterocycles. The van der Waals surface area contributed by atoms with Gasteiger partial charge in [-0.3, -0.25) is 4.40 Å². The van der Waals surface area contributed by atoms with Gasteiger partial charge in [-0.05, 0) is 26.9 Å². The van der Waals surface area contributed by atoms with E-state index in [1.165, 1.54) is 12.8 Å². The van der Waals surface area contributed by atoms with Crippen molar-refractivity contribution in [3.05, 3.63) is 17.3 Å². The predicted octanol–water partition coefficient (Wildman–Crippen LogP) is 1.42. The van der Waals surface area contributed by atoms with E-state index >= 15 is 0 Å². The number of likely N-dealkylation sites (N-methyl/N-ethyl adjacent to an activating group) is 1. The Morgan fingerprint density at radius 1 is 1.53 bits per heavy atom. The van der Waals surface area contributed by atoms with Gasteiger partial charge >= 0.3 is 0 Å². The summed E-state index contributed by atoms with van der Waals surface area (Å²) in [6, 6.07) is 0.569. The van der Waals surface area contributed by atoms with E-state index in [2.05, 4.69) is 28.9 Å². The van der Waals surface area contributed by atoms with Crippen molar-refractivity contribution in [2.24, 2.45) is 0 Å². The maximum atomic E-state index is 9.64. The van der Waals surface area contributed by atoms with Gasteiger partial charge in [0.05, 0.1) is 12.3 Å². The molecule has 0 spiro atoms. The lowest BCUT2D eigenvalue weighted by Crippen LogP contribution is -2.45. The quantitative estimate of drug-likeness (QED) is 0.923. The van der Waals surface area contributed by atoms with Crippen molar-refractivity contribution < 1.29 is 5.11 Å². The maximum absolute atomic E-state index is 9.64. The highest BCUT2D eigenvalue weighted by Gasteiger charge is 2.25. The lowest BCUT2D eigenvalue weighted by Gasteiger charge is -2.36. The van der Waals surface area contributed by atoms with Crippen LogP contribution in [0.5, 0.6) is 0 Å². The van der Waals surface area contributed by atoms with Gasteiger partial charge in [0.1, 0.15) is 0 Å². The third kappa shape index (κ3) is 2.24. The first-order valence-electron chi connectivity index (χ1n) is 6.67. The number of aromatic nitrogens is 2. The number of anilines is 1. The first kappa shape index (κ1) is 12.9. The third-order valence-electron chi connectivity index (χ3n) is 3.92. The summed E-state index contributed by atoms with van der Waals surface area (Å²) in [7, 11) is 4.26. The molecule has 19 heavy (non-hydrogen) atoms. The molecule has 0 amide bonds. The number of aliphatic hydroxyl groups excluding tert-OH is 1. The second-order valence-corrected chi connectivity index (χ2v) is 6.17. The van der Waals surface area contributed by atoms with Crippen LogP contribution in [0.3, 0.4) is 0 Å². The number of hydrogen-bond acceptors (Lipinski definition) is 5. The molecular formula is C13H20N4OS. The normalized spacial score (nSPS) is 20.6. The third-order valence-corrected chi connectivity index (χ3v) is 4.67. The van der Waals surface area contributed by atoms with Gasteiger partial charge in [-0.15, -0.1) is 11.3 Å². The Kier molecular flexibility index (Phi) is 3.47. The lowest BCUT2D eigenvalue weighted by molar-refractivity contribution is 0.255. The number of hydrogen-bond donors (Lipinski definition) is 1. The van der Waals surface area contributed by atoms with Crippen molar-refractivity contribution in [2.45, 2.75) is 25.5 Å². The summed E-state index contributed by atoms with van der Waals surface area (Å²) in [5.74, 6) is 0.959. The molecule has 1 aliphatic rings. The van der Waals surface area contributed by atoms with Crippen molar-refractivity contribution in [1.29, 1.82) is 0 Å². The summed E-state index contributed by atoms with van der Waals surface area (Å²) < 4.78 is 2.00. The second kappa shape index (κ2) is 5.11. The van der Waals surface area contributed by atoms with Crippen LogP contribution in [-0.4, -0.2) is 52.6 Å². The minimum Gasteiger partial charge on any atom is -0.390 e. The van der Waals surface area contributed by atoms with Gasteiger partial charge in [0, 0.05) is 30.7 Å². The zero-order chi connectivity index (χ0) is 13.4. The molecule has 0 aliphatic carbocycles. The molecule has 2 aromatic rings. The van der Waals surface area contributed by atoms with Gasteiger partial charge in [0.25, 0.3) is 0 Å². The van der Waals surface area contributed by atoms with Crippen LogP contribution in [-0.2, 0) is 6.61 Å². The van der Waals surface area contributed by atoms with E-state index in [4.69, 9.17) is 0 Å². The van der Waals surface area contributed by atoms with Crippen molar-refractivity contribution >= 4 is 22.1 Å². The average molecular weight is 280 g/mol. The van der Waals surface area contributed by atoms with Crippen LogP contribution in [0.4, 0.5) is 5.82 Å². The first-order chi connectivity index (χ1) is 9.20. The number of piperidine rings is 1. The van der Waals surface area contributed by atoms with Gasteiger partial charge < -0.3 is 14.9 Å². The Morgan fingerprint density at radius 3 is 3.11 bits per heavy atom. The molecule has 1 unspecified atom stereocenters. The number of imidazole rings is 1. The zero-order valence-corrected chi connectivity index (χ0v) is 12.2. The van der Waals surface area contributed by atoms with E-state index < -0.39 is 0 Å². The molecule has 5 nitrogen and oxygen atoms in total. The summed E-state index contributed by atoms with van der Waals surface area (Å²) in [5.41, 5.74) is 0.913. The Bertz CT molecular complexity index is 562. The van der Waals surface area contributed by atoms with Crippen LogP contribution >= 0.6 is 11.3 Å². The largest absolute Gasteiger partial charge is 0.390 e. The molecule has 3 rings (SSSR count). The maximum Gasteiger partial charge on any atom is 0.195 e. The van der Waals surface area contributed by atoms with E-state index in [1.807, 2.05) is 16.0 Å². The molecular weight excluding hydrogens is 260 g/mol. The predicted molar refractivity (Wildman–Crippen MR) is 77.9 cm³/mol. The number of fused-ring (bicyclic) bond motifs is 1. The van der Waals surface area contributed by atoms with Crippen LogP contribution < -0.4 is 4.90 Å². The van der Waals surface area contributed by atoms with Crippen molar-refractivity contribution in [1.82, 2.24) is 14.3 Å². The SMILES string of the molecule is CN(C)C1CCCN(c2nc3sccn3c2CO)C1. The van der Waals surface area contributed by atoms with Gasteiger partial charge in [-0.25, -0.2) is 4.98 Å². The van der Waals surface area contributed by atoms with E-state index in [1.54, 1.807) is 11.3 Å². The summed E-state index contributed by atoms with van der Waals surface area (Å²) in [6.07, 6.45) is 4.40. The fourth-order valence-electron chi connectivity index (χ4n) is 2.79. The van der Waals surface area contributed by atoms with Crippen LogP contribution in [0.25, 0.3) is 4.96 Å². The number of rotatable bonds is 3. The monoisotopic (exact) mass is 280 g/mol. The molecule has 0 saturated carbocycles. The van der Waals surface area contributed by atoms with E-state index in [0.29, 0.717) is 6.04 Å². The average Bonchev–Trinajstić information content (AvgIpc) is 2.98. The molecule has 1 fully saturated rings. The van der Waals surface area contributed by atoms with Crippen LogP contribution in [0, 0.1) is 0 Å². The van der Waals surface area contributed by atoms with Crippen molar-refractivity contribution in [3.63, 3.8) is 0 Å². The van der Waals surface area contributed by atoms with Crippen LogP contribution in [0.2, 0.25) is 0 Å². The molecule has 0 aromatic carbocycles. The molecule has 0 radical (unpaired) electrons. The van der Waals surface area contributed by atoms with Gasteiger partial charge in [-0.2, -0.15) is 0 Å². The molecule has 1 N–H and O–H groups in total. The smallest absolute Gasteiger partial charge is 0.195 e. The molecule has 3 heterocycles. The van der Waals surface area contributed by atoms with Crippen molar-refractivity contribution in [2.75, 3.05) is 32.1 Å². The first-order valence-corrected chi connectivity index (χ1v) is 7.55. The number of nitrogens with zero attached hydrogens (tertiary/aromatic N) is 4. The summed E-state index contributed by atoms with van der Waals surface area (Å²) >= 11 is 1.61. The van der Waals surface area contributed by atoms with Gasteiger partial charge in [0.15, 0.2) is 10.8 Å². The molecule has 2 aromatic heterocycles. The number of thiazole rings is 1. The van der Waals surface area contributed by atoms with Crippen LogP contribution in [0.15, 0.2) is 11.6 Å². The molecule has 6 heteroatoms. The molecule has 1 saturated heterocycles. The fourth-order valence-corrected chi connectivity index (χ4v) is 3.52. The standard InChI is InChI=1S/C13H20N4OS/c1-15(2)10-4-3-5-16(8-10)12-11(9-18)17-6-7-19-13(17)14-12/h6-7,10,18H,3-5,8-9H2,1-2H3. The highest BCUT2D eigenvalue weighted by Crippen LogP contribution is 2.27. The van der Waals surface area contributed by atoms with E-state index in [0.717, 1.165) is 29.6 Å². The second-order valence-electron chi connectivity index (χ2n) is 5.30. The van der Waals surface area contributed by atoms with Gasteiger partial charge in [0.2, 0.25) is 0 Å².